The second-order valence-electron chi connectivity index (χ2n) is 4.49. The Morgan fingerprint density at radius 1 is 1.43 bits per heavy atom. The summed E-state index contributed by atoms with van der Waals surface area (Å²) < 4.78 is 38.1. The van der Waals surface area contributed by atoms with Crippen LogP contribution in [0.5, 0.6) is 5.75 Å². The molecular weight excluding hydrogens is 320 g/mol. The first-order valence-corrected chi connectivity index (χ1v) is 8.61. The summed E-state index contributed by atoms with van der Waals surface area (Å²) in [6.07, 6.45) is 0.421. The number of carbonyl (C=O) groups excluding carboxylic acids is 1. The van der Waals surface area contributed by atoms with Crippen molar-refractivity contribution in [2.24, 2.45) is 0 Å². The monoisotopic (exact) mass is 334 g/mol. The first-order chi connectivity index (χ1) is 9.93. The van der Waals surface area contributed by atoms with Crippen molar-refractivity contribution in [3.05, 3.63) is 23.8 Å². The smallest absolute Gasteiger partial charge is 0.313 e. The van der Waals surface area contributed by atoms with E-state index in [4.69, 9.17) is 24.9 Å². The van der Waals surface area contributed by atoms with Gasteiger partial charge in [-0.15, -0.1) is 0 Å². The summed E-state index contributed by atoms with van der Waals surface area (Å²) in [4.78, 5) is 12.0. The summed E-state index contributed by atoms with van der Waals surface area (Å²) >= 11 is 0. The zero-order chi connectivity index (χ0) is 15.5. The van der Waals surface area contributed by atoms with Gasteiger partial charge in [0.2, 0.25) is 0 Å². The van der Waals surface area contributed by atoms with Crippen LogP contribution >= 0.6 is 10.7 Å². The highest BCUT2D eigenvalue weighted by atomic mass is 35.7. The number of ether oxygens (including phenoxy) is 3. The highest BCUT2D eigenvalue weighted by Crippen LogP contribution is 2.36. The Kier molecular flexibility index (Phi) is 5.08. The number of hydrogen-bond acceptors (Lipinski definition) is 6. The molecule has 21 heavy (non-hydrogen) atoms. The first-order valence-electron chi connectivity index (χ1n) is 6.30. The van der Waals surface area contributed by atoms with Gasteiger partial charge in [-0.3, -0.25) is 4.79 Å². The summed E-state index contributed by atoms with van der Waals surface area (Å²) in [5.74, 6) is -0.524. The van der Waals surface area contributed by atoms with Crippen LogP contribution in [0.25, 0.3) is 0 Å². The van der Waals surface area contributed by atoms with Crippen LogP contribution in [0.1, 0.15) is 17.9 Å². The second kappa shape index (κ2) is 6.64. The van der Waals surface area contributed by atoms with Crippen molar-refractivity contribution < 1.29 is 27.4 Å². The molecule has 0 aliphatic carbocycles. The quantitative estimate of drug-likeness (QED) is 0.463. The molecule has 1 heterocycles. The Bertz CT molecular complexity index is 628. The number of carbonyl (C=O) groups is 1. The minimum absolute atomic E-state index is 0.0666. The van der Waals surface area contributed by atoms with Gasteiger partial charge in [-0.25, -0.2) is 8.42 Å². The van der Waals surface area contributed by atoms with E-state index in [1.54, 1.807) is 0 Å². The molecule has 116 valence electrons. The third kappa shape index (κ3) is 3.87. The van der Waals surface area contributed by atoms with Crippen molar-refractivity contribution in [1.29, 1.82) is 0 Å². The molecule has 0 fully saturated rings. The molecule has 2 rings (SSSR count). The zero-order valence-corrected chi connectivity index (χ0v) is 12.9. The molecule has 1 aromatic carbocycles. The molecule has 1 aliphatic rings. The van der Waals surface area contributed by atoms with E-state index in [0.717, 1.165) is 0 Å². The molecular formula is C13H15ClO6S. The van der Waals surface area contributed by atoms with E-state index in [2.05, 4.69) is 0 Å². The molecule has 0 saturated carbocycles. The minimum Gasteiger partial charge on any atom is -0.493 e. The van der Waals surface area contributed by atoms with Gasteiger partial charge in [0.25, 0.3) is 9.05 Å². The molecule has 1 aromatic rings. The number of hydrogen-bond donors (Lipinski definition) is 0. The molecule has 0 N–H and O–H groups in total. The lowest BCUT2D eigenvalue weighted by molar-refractivity contribution is -0.147. The largest absolute Gasteiger partial charge is 0.493 e. The van der Waals surface area contributed by atoms with Crippen LogP contribution < -0.4 is 4.74 Å². The number of halogens is 1. The van der Waals surface area contributed by atoms with Gasteiger partial charge >= 0.3 is 5.97 Å². The molecule has 0 bridgehead atoms. The maximum Gasteiger partial charge on any atom is 0.313 e. The van der Waals surface area contributed by atoms with E-state index >= 15 is 0 Å². The molecule has 1 aliphatic heterocycles. The Labute approximate surface area is 127 Å². The van der Waals surface area contributed by atoms with Crippen molar-refractivity contribution in [2.75, 3.05) is 26.9 Å². The van der Waals surface area contributed by atoms with Crippen LogP contribution in [0.4, 0.5) is 0 Å². The fraction of sp³-hybridized carbons (Fsp3) is 0.462. The molecule has 1 unspecified atom stereocenters. The van der Waals surface area contributed by atoms with E-state index in [9.17, 15) is 13.2 Å². The summed E-state index contributed by atoms with van der Waals surface area (Å²) in [7, 11) is 2.98. The molecule has 8 heteroatoms. The van der Waals surface area contributed by atoms with Crippen LogP contribution in [0.3, 0.4) is 0 Å². The maximum atomic E-state index is 12.1. The van der Waals surface area contributed by atoms with E-state index in [1.165, 1.54) is 25.3 Å². The summed E-state index contributed by atoms with van der Waals surface area (Å²) in [5, 5.41) is 0. The highest BCUT2D eigenvalue weighted by Gasteiger charge is 2.30. The van der Waals surface area contributed by atoms with E-state index in [-0.39, 0.29) is 11.5 Å². The van der Waals surface area contributed by atoms with Crippen molar-refractivity contribution in [1.82, 2.24) is 0 Å². The van der Waals surface area contributed by atoms with Crippen LogP contribution in [0.2, 0.25) is 0 Å². The normalized spacial score (nSPS) is 17.7. The second-order valence-corrected chi connectivity index (χ2v) is 7.05. The molecule has 0 saturated heterocycles. The Hall–Kier alpha value is -1.31. The van der Waals surface area contributed by atoms with Crippen molar-refractivity contribution in [3.63, 3.8) is 0 Å². The third-order valence-corrected chi connectivity index (χ3v) is 4.47. The lowest BCUT2D eigenvalue weighted by Gasteiger charge is -2.24. The summed E-state index contributed by atoms with van der Waals surface area (Å²) in [5.41, 5.74) is 0.477. The third-order valence-electron chi connectivity index (χ3n) is 3.12. The highest BCUT2D eigenvalue weighted by molar-refractivity contribution is 8.13. The predicted octanol–water partition coefficient (Wildman–Crippen LogP) is 1.67. The molecule has 6 nitrogen and oxygen atoms in total. The number of esters is 1. The maximum absolute atomic E-state index is 12.1. The molecule has 0 radical (unpaired) electrons. The minimum atomic E-state index is -3.86. The average Bonchev–Trinajstić information content (AvgIpc) is 2.45. The number of methoxy groups -OCH3 is 1. The van der Waals surface area contributed by atoms with Gasteiger partial charge in [-0.05, 0) is 24.6 Å². The summed E-state index contributed by atoms with van der Waals surface area (Å²) in [6, 6.07) is 4.21. The number of benzene rings is 1. The van der Waals surface area contributed by atoms with E-state index < -0.39 is 20.9 Å². The van der Waals surface area contributed by atoms with Crippen LogP contribution in [0.15, 0.2) is 23.1 Å². The SMILES string of the molecule is COCCOC(=O)C1CCOc2ccc(S(=O)(=O)Cl)cc21. The standard InChI is InChI=1S/C13H15ClO6S/c1-18-6-7-20-13(15)10-4-5-19-12-3-2-9(8-11(10)12)21(14,16)17/h2-3,8,10H,4-7H2,1H3. The van der Waals surface area contributed by atoms with Gasteiger partial charge < -0.3 is 14.2 Å². The van der Waals surface area contributed by atoms with E-state index in [1.807, 2.05) is 0 Å². The molecule has 1 atom stereocenters. The van der Waals surface area contributed by atoms with Gasteiger partial charge in [0.15, 0.2) is 0 Å². The van der Waals surface area contributed by atoms with Gasteiger partial charge in [0.1, 0.15) is 12.4 Å². The zero-order valence-electron chi connectivity index (χ0n) is 11.4. The molecule has 0 aromatic heterocycles. The van der Waals surface area contributed by atoms with Crippen LogP contribution in [-0.4, -0.2) is 41.3 Å². The molecule has 0 spiro atoms. The van der Waals surface area contributed by atoms with Crippen LogP contribution in [-0.2, 0) is 23.3 Å². The van der Waals surface area contributed by atoms with E-state index in [0.29, 0.717) is 30.9 Å². The fourth-order valence-electron chi connectivity index (χ4n) is 2.10. The summed E-state index contributed by atoms with van der Waals surface area (Å²) in [6.45, 7) is 0.817. The lowest BCUT2D eigenvalue weighted by Crippen LogP contribution is -2.24. The topological polar surface area (TPSA) is 78.9 Å². The van der Waals surface area contributed by atoms with Gasteiger partial charge in [-0.1, -0.05) is 0 Å². The van der Waals surface area contributed by atoms with Crippen molar-refractivity contribution in [3.8, 4) is 5.75 Å². The Morgan fingerprint density at radius 2 is 2.19 bits per heavy atom. The number of rotatable bonds is 5. The lowest BCUT2D eigenvalue weighted by atomic mass is 9.93. The fourth-order valence-corrected chi connectivity index (χ4v) is 2.88. The average molecular weight is 335 g/mol. The van der Waals surface area contributed by atoms with Gasteiger partial charge in [0, 0.05) is 23.4 Å². The van der Waals surface area contributed by atoms with Crippen molar-refractivity contribution in [2.45, 2.75) is 17.2 Å². The van der Waals surface area contributed by atoms with Crippen molar-refractivity contribution >= 4 is 25.7 Å². The molecule has 0 amide bonds. The van der Waals surface area contributed by atoms with Crippen LogP contribution in [0, 0.1) is 0 Å². The number of fused-ring (bicyclic) bond motifs is 1. The predicted molar refractivity (Wildman–Crippen MR) is 75.2 cm³/mol. The van der Waals surface area contributed by atoms with Gasteiger partial charge in [0.05, 0.1) is 24.0 Å². The van der Waals surface area contributed by atoms with Gasteiger partial charge in [-0.2, -0.15) is 0 Å². The Morgan fingerprint density at radius 3 is 2.86 bits per heavy atom. The first kappa shape index (κ1) is 16.1. The Balaban J connectivity index is 2.26.